The van der Waals surface area contributed by atoms with Gasteiger partial charge in [-0.05, 0) is 38.1 Å². The maximum Gasteiger partial charge on any atom is 0.252 e. The lowest BCUT2D eigenvalue weighted by molar-refractivity contribution is 0.0948. The summed E-state index contributed by atoms with van der Waals surface area (Å²) in [6.07, 6.45) is 3.86. The number of fused-ring (bicyclic) bond motifs is 1. The highest BCUT2D eigenvalue weighted by atomic mass is 16.1. The van der Waals surface area contributed by atoms with Crippen LogP contribution in [0.2, 0.25) is 0 Å². The molecule has 27 heavy (non-hydrogen) atoms. The maximum absolute atomic E-state index is 12.9. The molecule has 0 aliphatic carbocycles. The SMILES string of the molecule is O=C(NCCN1CCCCC1)c1cc(-c2ccccc2)nc2ccccc12. The van der Waals surface area contributed by atoms with Gasteiger partial charge in [0.05, 0.1) is 16.8 Å². The minimum Gasteiger partial charge on any atom is -0.351 e. The summed E-state index contributed by atoms with van der Waals surface area (Å²) >= 11 is 0. The van der Waals surface area contributed by atoms with Crippen molar-refractivity contribution in [2.45, 2.75) is 19.3 Å². The summed E-state index contributed by atoms with van der Waals surface area (Å²) < 4.78 is 0. The quantitative estimate of drug-likeness (QED) is 0.745. The van der Waals surface area contributed by atoms with Gasteiger partial charge >= 0.3 is 0 Å². The molecule has 1 saturated heterocycles. The molecule has 1 aromatic heterocycles. The van der Waals surface area contributed by atoms with Crippen molar-refractivity contribution in [3.05, 3.63) is 66.2 Å². The van der Waals surface area contributed by atoms with E-state index in [-0.39, 0.29) is 5.91 Å². The van der Waals surface area contributed by atoms with E-state index in [1.165, 1.54) is 19.3 Å². The molecule has 0 spiro atoms. The molecule has 0 saturated carbocycles. The number of likely N-dealkylation sites (tertiary alicyclic amines) is 1. The van der Waals surface area contributed by atoms with E-state index >= 15 is 0 Å². The van der Waals surface area contributed by atoms with Gasteiger partial charge in [-0.15, -0.1) is 0 Å². The highest BCUT2D eigenvalue weighted by molar-refractivity contribution is 6.07. The Morgan fingerprint density at radius 2 is 1.70 bits per heavy atom. The predicted molar refractivity (Wildman–Crippen MR) is 110 cm³/mol. The Labute approximate surface area is 160 Å². The second-order valence-corrected chi connectivity index (χ2v) is 7.10. The van der Waals surface area contributed by atoms with Gasteiger partial charge < -0.3 is 10.2 Å². The fourth-order valence-corrected chi connectivity index (χ4v) is 3.73. The molecule has 0 radical (unpaired) electrons. The Morgan fingerprint density at radius 3 is 2.52 bits per heavy atom. The molecule has 0 atom stereocenters. The molecule has 0 bridgehead atoms. The zero-order valence-electron chi connectivity index (χ0n) is 15.5. The van der Waals surface area contributed by atoms with Gasteiger partial charge in [0.2, 0.25) is 0 Å². The van der Waals surface area contributed by atoms with E-state index in [1.54, 1.807) is 0 Å². The number of carbonyl (C=O) groups is 1. The van der Waals surface area contributed by atoms with Crippen molar-refractivity contribution in [3.63, 3.8) is 0 Å². The predicted octanol–water partition coefficient (Wildman–Crippen LogP) is 4.12. The maximum atomic E-state index is 12.9. The zero-order valence-corrected chi connectivity index (χ0v) is 15.5. The summed E-state index contributed by atoms with van der Waals surface area (Å²) in [6, 6.07) is 19.8. The van der Waals surface area contributed by atoms with E-state index in [0.717, 1.165) is 41.8 Å². The number of nitrogens with zero attached hydrogens (tertiary/aromatic N) is 2. The van der Waals surface area contributed by atoms with Crippen molar-refractivity contribution < 1.29 is 4.79 Å². The van der Waals surface area contributed by atoms with Gasteiger partial charge in [-0.3, -0.25) is 4.79 Å². The van der Waals surface area contributed by atoms with Crippen molar-refractivity contribution in [1.29, 1.82) is 0 Å². The van der Waals surface area contributed by atoms with Crippen LogP contribution in [0.1, 0.15) is 29.6 Å². The monoisotopic (exact) mass is 359 g/mol. The van der Waals surface area contributed by atoms with Crippen LogP contribution in [0.25, 0.3) is 22.2 Å². The molecule has 4 nitrogen and oxygen atoms in total. The van der Waals surface area contributed by atoms with Gasteiger partial charge in [0.25, 0.3) is 5.91 Å². The average Bonchev–Trinajstić information content (AvgIpc) is 2.74. The number of para-hydroxylation sites is 1. The molecule has 1 N–H and O–H groups in total. The van der Waals surface area contributed by atoms with Gasteiger partial charge in [-0.25, -0.2) is 4.98 Å². The Kier molecular flexibility index (Phi) is 5.45. The van der Waals surface area contributed by atoms with E-state index in [1.807, 2.05) is 60.7 Å². The van der Waals surface area contributed by atoms with Gasteiger partial charge in [0.1, 0.15) is 0 Å². The largest absolute Gasteiger partial charge is 0.351 e. The molecular formula is C23H25N3O. The normalized spacial score (nSPS) is 15.0. The van der Waals surface area contributed by atoms with Crippen molar-refractivity contribution in [2.75, 3.05) is 26.2 Å². The third-order valence-electron chi connectivity index (χ3n) is 5.19. The second-order valence-electron chi connectivity index (χ2n) is 7.10. The number of aromatic nitrogens is 1. The number of piperidine rings is 1. The molecule has 3 aromatic rings. The lowest BCUT2D eigenvalue weighted by atomic mass is 10.0. The van der Waals surface area contributed by atoms with Crippen molar-refractivity contribution in [3.8, 4) is 11.3 Å². The zero-order chi connectivity index (χ0) is 18.5. The molecule has 4 rings (SSSR count). The molecule has 138 valence electrons. The number of carbonyl (C=O) groups excluding carboxylic acids is 1. The van der Waals surface area contributed by atoms with Crippen LogP contribution in [-0.4, -0.2) is 42.0 Å². The van der Waals surface area contributed by atoms with Gasteiger partial charge in [-0.1, -0.05) is 55.0 Å². The molecule has 1 fully saturated rings. The van der Waals surface area contributed by atoms with Crippen LogP contribution in [0, 0.1) is 0 Å². The molecule has 1 aliphatic heterocycles. The highest BCUT2D eigenvalue weighted by Gasteiger charge is 2.15. The summed E-state index contributed by atoms with van der Waals surface area (Å²) in [4.78, 5) is 20.1. The van der Waals surface area contributed by atoms with E-state index in [2.05, 4.69) is 10.2 Å². The van der Waals surface area contributed by atoms with Crippen molar-refractivity contribution >= 4 is 16.8 Å². The summed E-state index contributed by atoms with van der Waals surface area (Å²) in [5.41, 5.74) is 3.39. The van der Waals surface area contributed by atoms with Crippen LogP contribution < -0.4 is 5.32 Å². The van der Waals surface area contributed by atoms with Gasteiger partial charge in [0.15, 0.2) is 0 Å². The highest BCUT2D eigenvalue weighted by Crippen LogP contribution is 2.24. The number of benzene rings is 2. The van der Waals surface area contributed by atoms with E-state index in [4.69, 9.17) is 4.98 Å². The lowest BCUT2D eigenvalue weighted by Gasteiger charge is -2.26. The van der Waals surface area contributed by atoms with Gasteiger partial charge in [-0.2, -0.15) is 0 Å². The molecule has 1 amide bonds. The topological polar surface area (TPSA) is 45.2 Å². The fourth-order valence-electron chi connectivity index (χ4n) is 3.73. The number of hydrogen-bond donors (Lipinski definition) is 1. The Balaban J connectivity index is 1.56. The summed E-state index contributed by atoms with van der Waals surface area (Å²) in [7, 11) is 0. The lowest BCUT2D eigenvalue weighted by Crippen LogP contribution is -2.37. The summed E-state index contributed by atoms with van der Waals surface area (Å²) in [5.74, 6) is -0.0252. The third kappa shape index (κ3) is 4.17. The second kappa shape index (κ2) is 8.31. The first kappa shape index (κ1) is 17.7. The summed E-state index contributed by atoms with van der Waals surface area (Å²) in [5, 5.41) is 4.00. The van der Waals surface area contributed by atoms with Crippen LogP contribution in [0.3, 0.4) is 0 Å². The third-order valence-corrected chi connectivity index (χ3v) is 5.19. The Hall–Kier alpha value is -2.72. The molecular weight excluding hydrogens is 334 g/mol. The standard InChI is InChI=1S/C23H25N3O/c27-23(24-13-16-26-14-7-2-8-15-26)20-17-22(18-9-3-1-4-10-18)25-21-12-6-5-11-19(20)21/h1,3-6,9-12,17H,2,7-8,13-16H2,(H,24,27). The molecule has 1 aliphatic rings. The molecule has 2 aromatic carbocycles. The van der Waals surface area contributed by atoms with Crippen molar-refractivity contribution in [1.82, 2.24) is 15.2 Å². The number of nitrogens with one attached hydrogen (secondary N) is 1. The van der Waals surface area contributed by atoms with Crippen LogP contribution in [0.4, 0.5) is 0 Å². The van der Waals surface area contributed by atoms with Crippen LogP contribution in [-0.2, 0) is 0 Å². The summed E-state index contributed by atoms with van der Waals surface area (Å²) in [6.45, 7) is 3.88. The average molecular weight is 359 g/mol. The Bertz CT molecular complexity index is 917. The smallest absolute Gasteiger partial charge is 0.252 e. The van der Waals surface area contributed by atoms with E-state index < -0.39 is 0 Å². The minimum absolute atomic E-state index is 0.0252. The van der Waals surface area contributed by atoms with Crippen LogP contribution >= 0.6 is 0 Å². The Morgan fingerprint density at radius 1 is 0.963 bits per heavy atom. The van der Waals surface area contributed by atoms with E-state index in [0.29, 0.717) is 12.1 Å². The van der Waals surface area contributed by atoms with Crippen molar-refractivity contribution in [2.24, 2.45) is 0 Å². The van der Waals surface area contributed by atoms with Crippen LogP contribution in [0.15, 0.2) is 60.7 Å². The van der Waals surface area contributed by atoms with Crippen LogP contribution in [0.5, 0.6) is 0 Å². The first-order chi connectivity index (χ1) is 13.3. The number of hydrogen-bond acceptors (Lipinski definition) is 3. The number of pyridine rings is 1. The first-order valence-corrected chi connectivity index (χ1v) is 9.77. The number of rotatable bonds is 5. The number of amides is 1. The molecule has 4 heteroatoms. The first-order valence-electron chi connectivity index (χ1n) is 9.77. The minimum atomic E-state index is -0.0252. The fraction of sp³-hybridized carbons (Fsp3) is 0.304. The van der Waals surface area contributed by atoms with Gasteiger partial charge in [0, 0.05) is 24.0 Å². The van der Waals surface area contributed by atoms with E-state index in [9.17, 15) is 4.79 Å². The molecule has 2 heterocycles. The molecule has 0 unspecified atom stereocenters.